The molecule has 5 nitrogen and oxygen atoms in total. The molecule has 0 spiro atoms. The van der Waals surface area contributed by atoms with Gasteiger partial charge >= 0.3 is 5.97 Å². The first-order valence-electron chi connectivity index (χ1n) is 7.78. The van der Waals surface area contributed by atoms with Crippen molar-refractivity contribution in [2.45, 2.75) is 20.8 Å². The van der Waals surface area contributed by atoms with Crippen LogP contribution in [0.15, 0.2) is 42.5 Å². The summed E-state index contributed by atoms with van der Waals surface area (Å²) in [4.78, 5) is 24.0. The van der Waals surface area contributed by atoms with Crippen molar-refractivity contribution >= 4 is 17.6 Å². The molecule has 24 heavy (non-hydrogen) atoms. The number of para-hydroxylation sites is 2. The molecule has 0 unspecified atom stereocenters. The number of aryl methyl sites for hydroxylation is 2. The Labute approximate surface area is 141 Å². The number of nitrogens with one attached hydrogen (secondary N) is 1. The van der Waals surface area contributed by atoms with Gasteiger partial charge in [-0.25, -0.2) is 4.79 Å². The van der Waals surface area contributed by atoms with Gasteiger partial charge in [-0.15, -0.1) is 0 Å². The van der Waals surface area contributed by atoms with Gasteiger partial charge in [-0.3, -0.25) is 4.79 Å². The molecule has 2 aromatic carbocycles. The summed E-state index contributed by atoms with van der Waals surface area (Å²) < 4.78 is 10.5. The lowest BCUT2D eigenvalue weighted by molar-refractivity contribution is -0.118. The van der Waals surface area contributed by atoms with E-state index in [9.17, 15) is 9.59 Å². The molecule has 0 aliphatic heterocycles. The standard InChI is InChI=1S/C19H21NO4/c1-4-23-19(22)15-10-5-6-11-16(15)24-12-17(21)20-18-13(2)8-7-9-14(18)3/h5-11H,4,12H2,1-3H3,(H,20,21). The summed E-state index contributed by atoms with van der Waals surface area (Å²) >= 11 is 0. The molecule has 0 radical (unpaired) electrons. The number of ether oxygens (including phenoxy) is 2. The summed E-state index contributed by atoms with van der Waals surface area (Å²) in [5.41, 5.74) is 3.05. The second kappa shape index (κ2) is 8.15. The molecule has 0 saturated carbocycles. The van der Waals surface area contributed by atoms with Gasteiger partial charge < -0.3 is 14.8 Å². The van der Waals surface area contributed by atoms with Gasteiger partial charge in [0, 0.05) is 5.69 Å². The Morgan fingerprint density at radius 1 is 1.00 bits per heavy atom. The van der Waals surface area contributed by atoms with Crippen LogP contribution in [0.3, 0.4) is 0 Å². The highest BCUT2D eigenvalue weighted by molar-refractivity contribution is 5.94. The van der Waals surface area contributed by atoms with E-state index in [1.54, 1.807) is 31.2 Å². The minimum absolute atomic E-state index is 0.190. The normalized spacial score (nSPS) is 10.1. The average Bonchev–Trinajstić information content (AvgIpc) is 2.57. The van der Waals surface area contributed by atoms with Crippen molar-refractivity contribution in [2.75, 3.05) is 18.5 Å². The van der Waals surface area contributed by atoms with Crippen LogP contribution in [0.4, 0.5) is 5.69 Å². The van der Waals surface area contributed by atoms with E-state index in [0.717, 1.165) is 16.8 Å². The molecule has 0 aromatic heterocycles. The summed E-state index contributed by atoms with van der Waals surface area (Å²) in [6.45, 7) is 5.68. The average molecular weight is 327 g/mol. The Kier molecular flexibility index (Phi) is 5.95. The number of anilines is 1. The molecule has 0 bridgehead atoms. The van der Waals surface area contributed by atoms with Gasteiger partial charge in [0.1, 0.15) is 11.3 Å². The number of carbonyl (C=O) groups excluding carboxylic acids is 2. The van der Waals surface area contributed by atoms with E-state index in [1.807, 2.05) is 32.0 Å². The van der Waals surface area contributed by atoms with Crippen LogP contribution in [-0.2, 0) is 9.53 Å². The quantitative estimate of drug-likeness (QED) is 0.825. The second-order valence-corrected chi connectivity index (χ2v) is 5.32. The van der Waals surface area contributed by atoms with E-state index in [2.05, 4.69) is 5.32 Å². The van der Waals surface area contributed by atoms with Gasteiger partial charge in [-0.05, 0) is 44.0 Å². The summed E-state index contributed by atoms with van der Waals surface area (Å²) in [6, 6.07) is 12.5. The molecule has 1 amide bonds. The smallest absolute Gasteiger partial charge is 0.341 e. The maximum Gasteiger partial charge on any atom is 0.341 e. The molecule has 2 aromatic rings. The Morgan fingerprint density at radius 3 is 2.33 bits per heavy atom. The Balaban J connectivity index is 2.03. The van der Waals surface area contributed by atoms with E-state index in [-0.39, 0.29) is 19.1 Å². The molecule has 0 saturated heterocycles. The molecular formula is C19H21NO4. The van der Waals surface area contributed by atoms with Crippen LogP contribution >= 0.6 is 0 Å². The zero-order chi connectivity index (χ0) is 17.5. The molecule has 2 rings (SSSR count). The fraction of sp³-hybridized carbons (Fsp3) is 0.263. The molecule has 0 fully saturated rings. The highest BCUT2D eigenvalue weighted by Gasteiger charge is 2.14. The fourth-order valence-corrected chi connectivity index (χ4v) is 2.30. The first kappa shape index (κ1) is 17.5. The summed E-state index contributed by atoms with van der Waals surface area (Å²) in [7, 11) is 0. The Hall–Kier alpha value is -2.82. The van der Waals surface area contributed by atoms with Gasteiger partial charge in [0.25, 0.3) is 5.91 Å². The minimum Gasteiger partial charge on any atom is -0.483 e. The van der Waals surface area contributed by atoms with E-state index in [4.69, 9.17) is 9.47 Å². The largest absolute Gasteiger partial charge is 0.483 e. The van der Waals surface area contributed by atoms with Crippen LogP contribution in [0, 0.1) is 13.8 Å². The summed E-state index contributed by atoms with van der Waals surface area (Å²) in [5.74, 6) is -0.429. The van der Waals surface area contributed by atoms with Crippen LogP contribution in [0.1, 0.15) is 28.4 Å². The third-order valence-corrected chi connectivity index (χ3v) is 3.49. The lowest BCUT2D eigenvalue weighted by Crippen LogP contribution is -2.22. The van der Waals surface area contributed by atoms with E-state index >= 15 is 0 Å². The van der Waals surface area contributed by atoms with Gasteiger partial charge in [-0.1, -0.05) is 30.3 Å². The van der Waals surface area contributed by atoms with Crippen molar-refractivity contribution in [3.05, 3.63) is 59.2 Å². The van der Waals surface area contributed by atoms with Crippen molar-refractivity contribution in [2.24, 2.45) is 0 Å². The molecular weight excluding hydrogens is 306 g/mol. The van der Waals surface area contributed by atoms with Crippen LogP contribution in [0.25, 0.3) is 0 Å². The third kappa shape index (κ3) is 4.35. The summed E-state index contributed by atoms with van der Waals surface area (Å²) in [6.07, 6.45) is 0. The molecule has 5 heteroatoms. The van der Waals surface area contributed by atoms with E-state index in [1.165, 1.54) is 0 Å². The number of amides is 1. The van der Waals surface area contributed by atoms with Gasteiger partial charge in [0.05, 0.1) is 6.61 Å². The van der Waals surface area contributed by atoms with Crippen molar-refractivity contribution in [1.29, 1.82) is 0 Å². The van der Waals surface area contributed by atoms with Crippen molar-refractivity contribution in [3.63, 3.8) is 0 Å². The molecule has 1 N–H and O–H groups in total. The van der Waals surface area contributed by atoms with E-state index in [0.29, 0.717) is 11.3 Å². The monoisotopic (exact) mass is 327 g/mol. The maximum atomic E-state index is 12.1. The topological polar surface area (TPSA) is 64.6 Å². The zero-order valence-electron chi connectivity index (χ0n) is 14.1. The fourth-order valence-electron chi connectivity index (χ4n) is 2.30. The van der Waals surface area contributed by atoms with Crippen molar-refractivity contribution in [1.82, 2.24) is 0 Å². The van der Waals surface area contributed by atoms with Crippen LogP contribution in [0.2, 0.25) is 0 Å². The number of esters is 1. The predicted molar refractivity (Wildman–Crippen MR) is 92.4 cm³/mol. The number of hydrogen-bond acceptors (Lipinski definition) is 4. The SMILES string of the molecule is CCOC(=O)c1ccccc1OCC(=O)Nc1c(C)cccc1C. The first-order valence-corrected chi connectivity index (χ1v) is 7.78. The molecule has 126 valence electrons. The number of rotatable bonds is 6. The zero-order valence-corrected chi connectivity index (χ0v) is 14.1. The van der Waals surface area contributed by atoms with Crippen LogP contribution in [-0.4, -0.2) is 25.1 Å². The van der Waals surface area contributed by atoms with Crippen LogP contribution < -0.4 is 10.1 Å². The van der Waals surface area contributed by atoms with E-state index < -0.39 is 5.97 Å². The Bertz CT molecular complexity index is 720. The minimum atomic E-state index is -0.469. The first-order chi connectivity index (χ1) is 11.5. The lowest BCUT2D eigenvalue weighted by atomic mass is 10.1. The number of hydrogen-bond donors (Lipinski definition) is 1. The maximum absolute atomic E-state index is 12.1. The molecule has 0 atom stereocenters. The third-order valence-electron chi connectivity index (χ3n) is 3.49. The highest BCUT2D eigenvalue weighted by Crippen LogP contribution is 2.21. The Morgan fingerprint density at radius 2 is 1.67 bits per heavy atom. The van der Waals surface area contributed by atoms with Gasteiger partial charge in [0.2, 0.25) is 0 Å². The van der Waals surface area contributed by atoms with Gasteiger partial charge in [0.15, 0.2) is 6.61 Å². The molecule has 0 heterocycles. The molecule has 0 aliphatic rings. The lowest BCUT2D eigenvalue weighted by Gasteiger charge is -2.13. The van der Waals surface area contributed by atoms with Gasteiger partial charge in [-0.2, -0.15) is 0 Å². The predicted octanol–water partition coefficient (Wildman–Crippen LogP) is 3.50. The molecule has 0 aliphatic carbocycles. The van der Waals surface area contributed by atoms with Crippen molar-refractivity contribution in [3.8, 4) is 5.75 Å². The number of carbonyl (C=O) groups is 2. The summed E-state index contributed by atoms with van der Waals surface area (Å²) in [5, 5.41) is 2.84. The van der Waals surface area contributed by atoms with Crippen molar-refractivity contribution < 1.29 is 19.1 Å². The highest BCUT2D eigenvalue weighted by atomic mass is 16.5. The number of benzene rings is 2. The van der Waals surface area contributed by atoms with Crippen LogP contribution in [0.5, 0.6) is 5.75 Å². The second-order valence-electron chi connectivity index (χ2n) is 5.32.